The van der Waals surface area contributed by atoms with E-state index in [-0.39, 0.29) is 0 Å². The second-order valence-electron chi connectivity index (χ2n) is 4.83. The summed E-state index contributed by atoms with van der Waals surface area (Å²) >= 11 is 0. The Bertz CT molecular complexity index is 783. The molecule has 0 amide bonds. The van der Waals surface area contributed by atoms with Gasteiger partial charge in [-0.05, 0) is 31.2 Å². The fourth-order valence-electron chi connectivity index (χ4n) is 2.17. The predicted molar refractivity (Wildman–Crippen MR) is 86.8 cm³/mol. The summed E-state index contributed by atoms with van der Waals surface area (Å²) in [5.41, 5.74) is 0.756. The lowest BCUT2D eigenvalue weighted by Crippen LogP contribution is -1.95. The molecule has 0 aliphatic carbocycles. The SMILES string of the molecule is CCOc1ccccc1Oc1ccccc1-c1nnc(CC)o1. The average molecular weight is 310 g/mol. The van der Waals surface area contributed by atoms with Crippen molar-refractivity contribution in [2.45, 2.75) is 20.3 Å². The molecule has 0 atom stereocenters. The highest BCUT2D eigenvalue weighted by molar-refractivity contribution is 5.63. The highest BCUT2D eigenvalue weighted by atomic mass is 16.5. The van der Waals surface area contributed by atoms with Crippen molar-refractivity contribution >= 4 is 0 Å². The minimum Gasteiger partial charge on any atom is -0.490 e. The first-order chi connectivity index (χ1) is 11.3. The fraction of sp³-hybridized carbons (Fsp3) is 0.222. The normalized spacial score (nSPS) is 10.5. The van der Waals surface area contributed by atoms with Crippen LogP contribution in [0.2, 0.25) is 0 Å². The van der Waals surface area contributed by atoms with Gasteiger partial charge in [-0.1, -0.05) is 31.2 Å². The highest BCUT2D eigenvalue weighted by Gasteiger charge is 2.14. The van der Waals surface area contributed by atoms with Crippen molar-refractivity contribution in [3.05, 3.63) is 54.4 Å². The van der Waals surface area contributed by atoms with Crippen LogP contribution in [0.15, 0.2) is 52.9 Å². The third-order valence-corrected chi connectivity index (χ3v) is 3.26. The number of ether oxygens (including phenoxy) is 2. The topological polar surface area (TPSA) is 57.4 Å². The van der Waals surface area contributed by atoms with Gasteiger partial charge >= 0.3 is 0 Å². The van der Waals surface area contributed by atoms with Crippen LogP contribution >= 0.6 is 0 Å². The van der Waals surface area contributed by atoms with Crippen molar-refractivity contribution in [2.24, 2.45) is 0 Å². The van der Waals surface area contributed by atoms with E-state index in [0.29, 0.717) is 42.1 Å². The number of para-hydroxylation sites is 3. The molecule has 0 saturated carbocycles. The molecule has 5 heteroatoms. The lowest BCUT2D eigenvalue weighted by atomic mass is 10.2. The summed E-state index contributed by atoms with van der Waals surface area (Å²) in [6, 6.07) is 15.1. The van der Waals surface area contributed by atoms with Crippen molar-refractivity contribution in [1.29, 1.82) is 0 Å². The Morgan fingerprint density at radius 2 is 1.57 bits per heavy atom. The minimum atomic E-state index is 0.450. The van der Waals surface area contributed by atoms with Gasteiger partial charge in [0.05, 0.1) is 12.2 Å². The molecule has 0 fully saturated rings. The van der Waals surface area contributed by atoms with E-state index in [1.165, 1.54) is 0 Å². The molecule has 118 valence electrons. The molecule has 0 N–H and O–H groups in total. The summed E-state index contributed by atoms with van der Waals surface area (Å²) in [6.45, 7) is 4.49. The molecule has 1 aromatic heterocycles. The number of hydrogen-bond acceptors (Lipinski definition) is 5. The van der Waals surface area contributed by atoms with Gasteiger partial charge in [0.25, 0.3) is 5.89 Å². The fourth-order valence-corrected chi connectivity index (χ4v) is 2.17. The first kappa shape index (κ1) is 15.1. The van der Waals surface area contributed by atoms with E-state index in [1.54, 1.807) is 0 Å². The van der Waals surface area contributed by atoms with Crippen LogP contribution < -0.4 is 9.47 Å². The summed E-state index contributed by atoms with van der Waals surface area (Å²) in [5, 5.41) is 8.10. The van der Waals surface area contributed by atoms with Gasteiger partial charge in [-0.25, -0.2) is 0 Å². The largest absolute Gasteiger partial charge is 0.490 e. The zero-order chi connectivity index (χ0) is 16.1. The maximum atomic E-state index is 6.04. The van der Waals surface area contributed by atoms with Gasteiger partial charge < -0.3 is 13.9 Å². The molecular formula is C18H18N2O3. The van der Waals surface area contributed by atoms with E-state index in [2.05, 4.69) is 10.2 Å². The van der Waals surface area contributed by atoms with E-state index >= 15 is 0 Å². The van der Waals surface area contributed by atoms with Crippen LogP contribution in [0.4, 0.5) is 0 Å². The zero-order valence-corrected chi connectivity index (χ0v) is 13.2. The number of hydrogen-bond donors (Lipinski definition) is 0. The third-order valence-electron chi connectivity index (χ3n) is 3.26. The van der Waals surface area contributed by atoms with Gasteiger partial charge in [-0.15, -0.1) is 10.2 Å². The molecule has 5 nitrogen and oxygen atoms in total. The van der Waals surface area contributed by atoms with Gasteiger partial charge in [-0.2, -0.15) is 0 Å². The molecule has 0 aliphatic rings. The number of aryl methyl sites for hydroxylation is 1. The summed E-state index contributed by atoms with van der Waals surface area (Å²) in [4.78, 5) is 0. The molecule has 2 aromatic carbocycles. The highest BCUT2D eigenvalue weighted by Crippen LogP contribution is 2.36. The van der Waals surface area contributed by atoms with Gasteiger partial charge in [0.1, 0.15) is 5.75 Å². The standard InChI is InChI=1S/C18H18N2O3/c1-3-17-19-20-18(23-17)13-9-5-6-10-14(13)22-16-12-8-7-11-15(16)21-4-2/h5-12H,3-4H2,1-2H3. The van der Waals surface area contributed by atoms with Crippen LogP contribution in [0.5, 0.6) is 17.2 Å². The van der Waals surface area contributed by atoms with E-state index in [0.717, 1.165) is 5.56 Å². The first-order valence-corrected chi connectivity index (χ1v) is 7.63. The molecule has 0 bridgehead atoms. The van der Waals surface area contributed by atoms with Crippen molar-refractivity contribution in [1.82, 2.24) is 10.2 Å². The van der Waals surface area contributed by atoms with Crippen LogP contribution in [0, 0.1) is 0 Å². The zero-order valence-electron chi connectivity index (χ0n) is 13.2. The maximum absolute atomic E-state index is 6.04. The van der Waals surface area contributed by atoms with E-state index in [4.69, 9.17) is 13.9 Å². The van der Waals surface area contributed by atoms with Crippen LogP contribution in [0.1, 0.15) is 19.7 Å². The Labute approximate surface area is 134 Å². The van der Waals surface area contributed by atoms with Gasteiger partial charge in [0, 0.05) is 6.42 Å². The minimum absolute atomic E-state index is 0.450. The monoisotopic (exact) mass is 310 g/mol. The first-order valence-electron chi connectivity index (χ1n) is 7.63. The second kappa shape index (κ2) is 6.96. The van der Waals surface area contributed by atoms with Crippen LogP contribution in [0.25, 0.3) is 11.5 Å². The smallest absolute Gasteiger partial charge is 0.251 e. The molecule has 23 heavy (non-hydrogen) atoms. The number of benzene rings is 2. The third kappa shape index (κ3) is 3.34. The molecule has 0 unspecified atom stereocenters. The van der Waals surface area contributed by atoms with Crippen molar-refractivity contribution in [2.75, 3.05) is 6.61 Å². The molecule has 3 aromatic rings. The Morgan fingerprint density at radius 1 is 0.870 bits per heavy atom. The molecule has 0 aliphatic heterocycles. The van der Waals surface area contributed by atoms with Crippen molar-refractivity contribution in [3.8, 4) is 28.7 Å². The summed E-state index contributed by atoms with van der Waals surface area (Å²) < 4.78 is 17.3. The number of aromatic nitrogens is 2. The van der Waals surface area contributed by atoms with Gasteiger partial charge in [-0.3, -0.25) is 0 Å². The van der Waals surface area contributed by atoms with Crippen LogP contribution in [-0.2, 0) is 6.42 Å². The van der Waals surface area contributed by atoms with E-state index in [1.807, 2.05) is 62.4 Å². The van der Waals surface area contributed by atoms with Crippen molar-refractivity contribution < 1.29 is 13.9 Å². The number of nitrogens with zero attached hydrogens (tertiary/aromatic N) is 2. The molecule has 0 saturated heterocycles. The lowest BCUT2D eigenvalue weighted by molar-refractivity contribution is 0.321. The molecular weight excluding hydrogens is 292 g/mol. The molecule has 1 heterocycles. The Kier molecular flexibility index (Phi) is 4.57. The lowest BCUT2D eigenvalue weighted by Gasteiger charge is -2.12. The summed E-state index contributed by atoms with van der Waals surface area (Å²) in [7, 11) is 0. The van der Waals surface area contributed by atoms with Crippen LogP contribution in [0.3, 0.4) is 0 Å². The van der Waals surface area contributed by atoms with Gasteiger partial charge in [0.15, 0.2) is 11.5 Å². The Morgan fingerprint density at radius 3 is 2.26 bits per heavy atom. The Hall–Kier alpha value is -2.82. The quantitative estimate of drug-likeness (QED) is 0.671. The van der Waals surface area contributed by atoms with E-state index in [9.17, 15) is 0 Å². The summed E-state index contributed by atoms with van der Waals surface area (Å²) in [6.07, 6.45) is 0.698. The average Bonchev–Trinajstić information content (AvgIpc) is 3.06. The second-order valence-corrected chi connectivity index (χ2v) is 4.83. The Balaban J connectivity index is 1.95. The van der Waals surface area contributed by atoms with Gasteiger partial charge in [0.2, 0.25) is 5.89 Å². The maximum Gasteiger partial charge on any atom is 0.251 e. The molecule has 0 radical (unpaired) electrons. The van der Waals surface area contributed by atoms with Crippen molar-refractivity contribution in [3.63, 3.8) is 0 Å². The summed E-state index contributed by atoms with van der Waals surface area (Å²) in [5.74, 6) is 3.04. The van der Waals surface area contributed by atoms with E-state index < -0.39 is 0 Å². The molecule has 0 spiro atoms. The van der Waals surface area contributed by atoms with Crippen LogP contribution in [-0.4, -0.2) is 16.8 Å². The predicted octanol–water partition coefficient (Wildman–Crippen LogP) is 4.49. The molecule has 3 rings (SSSR count). The number of rotatable bonds is 6.